The molecule has 2 aliphatic heterocycles. The van der Waals surface area contributed by atoms with Crippen molar-refractivity contribution in [2.24, 2.45) is 0 Å². The summed E-state index contributed by atoms with van der Waals surface area (Å²) in [6, 6.07) is 7.70. The maximum Gasteiger partial charge on any atom is 0.244 e. The van der Waals surface area contributed by atoms with E-state index >= 15 is 0 Å². The summed E-state index contributed by atoms with van der Waals surface area (Å²) in [7, 11) is 0. The zero-order valence-corrected chi connectivity index (χ0v) is 11.5. The Hall–Kier alpha value is -1.75. The van der Waals surface area contributed by atoms with Crippen LogP contribution in [0, 0.1) is 0 Å². The number of para-hydroxylation sites is 2. The van der Waals surface area contributed by atoms with E-state index in [0.29, 0.717) is 13.1 Å². The number of hydrogen-bond donors (Lipinski definition) is 3. The van der Waals surface area contributed by atoms with Crippen molar-refractivity contribution in [1.82, 2.24) is 5.32 Å². The molecule has 0 bridgehead atoms. The van der Waals surface area contributed by atoms with E-state index in [1.165, 1.54) is 6.42 Å². The highest BCUT2D eigenvalue weighted by Crippen LogP contribution is 2.25. The number of fused-ring (bicyclic) bond motifs is 1. The number of ether oxygens (including phenoxy) is 1. The lowest BCUT2D eigenvalue weighted by atomic mass is 10.1. The number of rotatable bonds is 3. The first-order valence-corrected chi connectivity index (χ1v) is 7.32. The van der Waals surface area contributed by atoms with E-state index < -0.39 is 0 Å². The smallest absolute Gasteiger partial charge is 0.244 e. The third-order valence-electron chi connectivity index (χ3n) is 3.85. The summed E-state index contributed by atoms with van der Waals surface area (Å²) in [5, 5.41) is 9.53. The van der Waals surface area contributed by atoms with Gasteiger partial charge in [-0.2, -0.15) is 0 Å². The number of carbonyl (C=O) groups excluding carboxylic acids is 1. The maximum absolute atomic E-state index is 12.2. The molecular formula is C15H21N3O2. The van der Waals surface area contributed by atoms with Crippen molar-refractivity contribution in [1.29, 1.82) is 0 Å². The molecule has 20 heavy (non-hydrogen) atoms. The minimum atomic E-state index is -0.228. The van der Waals surface area contributed by atoms with E-state index in [9.17, 15) is 4.79 Å². The van der Waals surface area contributed by atoms with Crippen LogP contribution in [0.1, 0.15) is 19.3 Å². The van der Waals surface area contributed by atoms with Gasteiger partial charge < -0.3 is 20.7 Å². The van der Waals surface area contributed by atoms with Gasteiger partial charge in [-0.3, -0.25) is 4.79 Å². The normalized spacial score (nSPS) is 25.0. The molecule has 1 aromatic rings. The van der Waals surface area contributed by atoms with Gasteiger partial charge in [0.1, 0.15) is 6.04 Å². The molecular weight excluding hydrogens is 254 g/mol. The molecule has 2 unspecified atom stereocenters. The fourth-order valence-corrected chi connectivity index (χ4v) is 2.68. The Balaban J connectivity index is 1.51. The highest BCUT2D eigenvalue weighted by Gasteiger charge is 2.24. The van der Waals surface area contributed by atoms with Crippen molar-refractivity contribution in [3.05, 3.63) is 24.3 Å². The molecule has 1 amide bonds. The summed E-state index contributed by atoms with van der Waals surface area (Å²) in [6.45, 7) is 2.03. The average molecular weight is 275 g/mol. The lowest BCUT2D eigenvalue weighted by Crippen LogP contribution is -2.48. The molecule has 5 nitrogen and oxygen atoms in total. The first kappa shape index (κ1) is 13.2. The lowest BCUT2D eigenvalue weighted by Gasteiger charge is -2.28. The molecule has 2 aliphatic rings. The second kappa shape index (κ2) is 6.13. The Morgan fingerprint density at radius 3 is 2.95 bits per heavy atom. The summed E-state index contributed by atoms with van der Waals surface area (Å²) >= 11 is 0. The minimum Gasteiger partial charge on any atom is -0.381 e. The number of nitrogens with one attached hydrogen (secondary N) is 3. The quantitative estimate of drug-likeness (QED) is 0.784. The van der Waals surface area contributed by atoms with Gasteiger partial charge in [0.15, 0.2) is 0 Å². The van der Waals surface area contributed by atoms with Crippen LogP contribution >= 0.6 is 0 Å². The van der Waals surface area contributed by atoms with Crippen molar-refractivity contribution in [3.63, 3.8) is 0 Å². The van der Waals surface area contributed by atoms with E-state index in [1.54, 1.807) is 0 Å². The van der Waals surface area contributed by atoms with E-state index in [-0.39, 0.29) is 18.1 Å². The molecule has 1 fully saturated rings. The zero-order chi connectivity index (χ0) is 13.8. The van der Waals surface area contributed by atoms with Crippen molar-refractivity contribution in [2.75, 3.05) is 30.3 Å². The number of benzene rings is 1. The molecule has 0 aliphatic carbocycles. The summed E-state index contributed by atoms with van der Waals surface area (Å²) in [4.78, 5) is 12.2. The molecule has 3 N–H and O–H groups in total. The van der Waals surface area contributed by atoms with Gasteiger partial charge in [0, 0.05) is 19.7 Å². The first-order valence-electron chi connectivity index (χ1n) is 7.32. The summed E-state index contributed by atoms with van der Waals surface area (Å²) in [6.07, 6.45) is 3.54. The topological polar surface area (TPSA) is 62.4 Å². The Morgan fingerprint density at radius 2 is 2.15 bits per heavy atom. The van der Waals surface area contributed by atoms with Crippen LogP contribution in [-0.2, 0) is 9.53 Å². The van der Waals surface area contributed by atoms with Gasteiger partial charge in [0.25, 0.3) is 0 Å². The Bertz CT molecular complexity index is 472. The van der Waals surface area contributed by atoms with Gasteiger partial charge in [-0.25, -0.2) is 0 Å². The highest BCUT2D eigenvalue weighted by atomic mass is 16.5. The number of carbonyl (C=O) groups is 1. The molecule has 108 valence electrons. The molecule has 1 aromatic carbocycles. The van der Waals surface area contributed by atoms with E-state index in [0.717, 1.165) is 30.8 Å². The van der Waals surface area contributed by atoms with E-state index in [2.05, 4.69) is 16.0 Å². The number of hydrogen-bond acceptors (Lipinski definition) is 4. The van der Waals surface area contributed by atoms with Crippen LogP contribution in [0.15, 0.2) is 24.3 Å². The first-order chi connectivity index (χ1) is 9.83. The summed E-state index contributed by atoms with van der Waals surface area (Å²) < 4.78 is 5.62. The van der Waals surface area contributed by atoms with E-state index in [4.69, 9.17) is 4.74 Å². The van der Waals surface area contributed by atoms with Crippen LogP contribution in [0.25, 0.3) is 0 Å². The minimum absolute atomic E-state index is 0.0289. The van der Waals surface area contributed by atoms with Gasteiger partial charge in [-0.1, -0.05) is 12.1 Å². The molecule has 0 spiro atoms. The van der Waals surface area contributed by atoms with Gasteiger partial charge >= 0.3 is 0 Å². The molecule has 3 rings (SSSR count). The van der Waals surface area contributed by atoms with Crippen LogP contribution in [0.2, 0.25) is 0 Å². The summed E-state index contributed by atoms with van der Waals surface area (Å²) in [5.74, 6) is 0.0289. The molecule has 2 heterocycles. The lowest BCUT2D eigenvalue weighted by molar-refractivity contribution is -0.122. The predicted octanol–water partition coefficient (Wildman–Crippen LogP) is 1.58. The zero-order valence-electron chi connectivity index (χ0n) is 11.5. The van der Waals surface area contributed by atoms with Gasteiger partial charge in [0.05, 0.1) is 17.5 Å². The monoisotopic (exact) mass is 275 g/mol. The van der Waals surface area contributed by atoms with Crippen LogP contribution < -0.4 is 16.0 Å². The molecule has 1 saturated heterocycles. The largest absolute Gasteiger partial charge is 0.381 e. The second-order valence-electron chi connectivity index (χ2n) is 5.36. The molecule has 0 radical (unpaired) electrons. The Morgan fingerprint density at radius 1 is 1.30 bits per heavy atom. The van der Waals surface area contributed by atoms with E-state index in [1.807, 2.05) is 24.3 Å². The summed E-state index contributed by atoms with van der Waals surface area (Å²) in [5.41, 5.74) is 2.03. The fraction of sp³-hybridized carbons (Fsp3) is 0.533. The standard InChI is InChI=1S/C15H21N3O2/c19-15(17-9-11-5-3-4-8-20-11)14-10-16-12-6-1-2-7-13(12)18-14/h1-2,6-7,11,14,16,18H,3-5,8-10H2,(H,17,19). The molecule has 0 saturated carbocycles. The third kappa shape index (κ3) is 3.04. The van der Waals surface area contributed by atoms with Crippen molar-refractivity contribution in [2.45, 2.75) is 31.4 Å². The Labute approximate surface area is 119 Å². The SMILES string of the molecule is O=C(NCC1CCCCO1)C1CNc2ccccc2N1. The van der Waals surface area contributed by atoms with Crippen LogP contribution in [0.5, 0.6) is 0 Å². The molecule has 2 atom stereocenters. The second-order valence-corrected chi connectivity index (χ2v) is 5.36. The number of anilines is 2. The van der Waals surface area contributed by atoms with Gasteiger partial charge in [-0.05, 0) is 31.4 Å². The fourth-order valence-electron chi connectivity index (χ4n) is 2.68. The third-order valence-corrected chi connectivity index (χ3v) is 3.85. The predicted molar refractivity (Wildman–Crippen MR) is 78.9 cm³/mol. The van der Waals surface area contributed by atoms with Crippen molar-refractivity contribution < 1.29 is 9.53 Å². The molecule has 5 heteroatoms. The van der Waals surface area contributed by atoms with Crippen LogP contribution in [-0.4, -0.2) is 37.7 Å². The number of amides is 1. The van der Waals surface area contributed by atoms with Crippen LogP contribution in [0.4, 0.5) is 11.4 Å². The average Bonchev–Trinajstić information content (AvgIpc) is 2.53. The van der Waals surface area contributed by atoms with Crippen molar-refractivity contribution in [3.8, 4) is 0 Å². The Kier molecular flexibility index (Phi) is 4.06. The highest BCUT2D eigenvalue weighted by molar-refractivity contribution is 5.88. The molecule has 0 aromatic heterocycles. The van der Waals surface area contributed by atoms with Gasteiger partial charge in [-0.15, -0.1) is 0 Å². The van der Waals surface area contributed by atoms with Gasteiger partial charge in [0.2, 0.25) is 5.91 Å². The van der Waals surface area contributed by atoms with Crippen molar-refractivity contribution >= 4 is 17.3 Å². The maximum atomic E-state index is 12.2. The van der Waals surface area contributed by atoms with Crippen LogP contribution in [0.3, 0.4) is 0 Å².